The summed E-state index contributed by atoms with van der Waals surface area (Å²) in [6, 6.07) is 0. The first-order valence-electron chi connectivity index (χ1n) is 5.59. The maximum absolute atomic E-state index is 11.8. The average molecular weight is 200 g/mol. The first-order chi connectivity index (χ1) is 6.40. The third kappa shape index (κ3) is 4.23. The smallest absolute Gasteiger partial charge is 0.164 e. The zero-order valence-corrected chi connectivity index (χ0v) is 10.3. The van der Waals surface area contributed by atoms with Crippen molar-refractivity contribution in [1.82, 2.24) is 0 Å². The first kappa shape index (κ1) is 13.6. The van der Waals surface area contributed by atoms with Crippen LogP contribution in [0.5, 0.6) is 0 Å². The molecule has 0 bridgehead atoms. The second kappa shape index (κ2) is 6.18. The highest BCUT2D eigenvalue weighted by molar-refractivity contribution is 5.85. The molecule has 84 valence electrons. The number of ether oxygens (including phenoxy) is 1. The third-order valence-electron chi connectivity index (χ3n) is 2.41. The minimum atomic E-state index is -0.232. The minimum absolute atomic E-state index is 0.0615. The molecule has 0 fully saturated rings. The van der Waals surface area contributed by atoms with E-state index in [4.69, 9.17) is 4.74 Å². The predicted octanol–water partition coefficient (Wildman–Crippen LogP) is 3.05. The van der Waals surface area contributed by atoms with Gasteiger partial charge in [-0.3, -0.25) is 4.79 Å². The monoisotopic (exact) mass is 200 g/mol. The lowest BCUT2D eigenvalue weighted by Gasteiger charge is -2.25. The molecule has 0 aliphatic heterocycles. The molecular formula is C12H24O2. The zero-order chi connectivity index (χ0) is 11.3. The lowest BCUT2D eigenvalue weighted by atomic mass is 9.95. The topological polar surface area (TPSA) is 26.3 Å². The summed E-state index contributed by atoms with van der Waals surface area (Å²) in [5.74, 6) is 0.547. The van der Waals surface area contributed by atoms with E-state index in [9.17, 15) is 4.79 Å². The Morgan fingerprint density at radius 3 is 1.93 bits per heavy atom. The molecule has 0 aliphatic rings. The van der Waals surface area contributed by atoms with E-state index < -0.39 is 0 Å². The van der Waals surface area contributed by atoms with Crippen molar-refractivity contribution in [3.05, 3.63) is 0 Å². The fourth-order valence-corrected chi connectivity index (χ4v) is 1.23. The van der Waals surface area contributed by atoms with E-state index in [1.165, 1.54) is 0 Å². The van der Waals surface area contributed by atoms with Crippen molar-refractivity contribution >= 4 is 5.78 Å². The fourth-order valence-electron chi connectivity index (χ4n) is 1.23. The SMILES string of the molecule is CCC(C)O[C@H](C(=O)C(C)C)C(C)C. The summed E-state index contributed by atoms with van der Waals surface area (Å²) in [7, 11) is 0. The zero-order valence-electron chi connectivity index (χ0n) is 10.3. The van der Waals surface area contributed by atoms with E-state index in [1.54, 1.807) is 0 Å². The Kier molecular flexibility index (Phi) is 6.01. The largest absolute Gasteiger partial charge is 0.367 e. The average Bonchev–Trinajstić information content (AvgIpc) is 2.11. The number of carbonyl (C=O) groups excluding carboxylic acids is 1. The van der Waals surface area contributed by atoms with Crippen molar-refractivity contribution in [1.29, 1.82) is 0 Å². The van der Waals surface area contributed by atoms with Crippen LogP contribution in [0.2, 0.25) is 0 Å². The molecule has 0 aliphatic carbocycles. The van der Waals surface area contributed by atoms with Crippen molar-refractivity contribution in [2.24, 2.45) is 11.8 Å². The van der Waals surface area contributed by atoms with Crippen molar-refractivity contribution in [3.63, 3.8) is 0 Å². The van der Waals surface area contributed by atoms with Crippen LogP contribution in [-0.2, 0) is 9.53 Å². The van der Waals surface area contributed by atoms with E-state index in [1.807, 2.05) is 34.6 Å². The van der Waals surface area contributed by atoms with E-state index in [0.717, 1.165) is 6.42 Å². The highest BCUT2D eigenvalue weighted by Gasteiger charge is 2.26. The van der Waals surface area contributed by atoms with Gasteiger partial charge >= 0.3 is 0 Å². The highest BCUT2D eigenvalue weighted by atomic mass is 16.5. The van der Waals surface area contributed by atoms with Crippen molar-refractivity contribution in [2.75, 3.05) is 0 Å². The minimum Gasteiger partial charge on any atom is -0.367 e. The number of Topliss-reactive ketones (excluding diaryl/α,β-unsaturated/α-hetero) is 1. The maximum Gasteiger partial charge on any atom is 0.164 e. The predicted molar refractivity (Wildman–Crippen MR) is 59.3 cm³/mol. The Labute approximate surface area is 88.0 Å². The normalized spacial score (nSPS) is 16.0. The molecule has 2 nitrogen and oxygen atoms in total. The van der Waals surface area contributed by atoms with Gasteiger partial charge in [0.25, 0.3) is 0 Å². The Morgan fingerprint density at radius 2 is 1.64 bits per heavy atom. The van der Waals surface area contributed by atoms with Crippen molar-refractivity contribution in [2.45, 2.75) is 60.2 Å². The molecule has 0 heterocycles. The Balaban J connectivity index is 4.37. The number of rotatable bonds is 6. The number of carbonyl (C=O) groups is 1. The third-order valence-corrected chi connectivity index (χ3v) is 2.41. The summed E-state index contributed by atoms with van der Waals surface area (Å²) >= 11 is 0. The van der Waals surface area contributed by atoms with Gasteiger partial charge in [-0.1, -0.05) is 34.6 Å². The summed E-state index contributed by atoms with van der Waals surface area (Å²) in [4.78, 5) is 11.8. The van der Waals surface area contributed by atoms with E-state index in [2.05, 4.69) is 6.92 Å². The first-order valence-corrected chi connectivity index (χ1v) is 5.59. The van der Waals surface area contributed by atoms with Crippen LogP contribution >= 0.6 is 0 Å². The summed E-state index contributed by atoms with van der Waals surface area (Å²) in [6.45, 7) is 12.0. The lowest BCUT2D eigenvalue weighted by molar-refractivity contribution is -0.140. The molecule has 0 aromatic carbocycles. The van der Waals surface area contributed by atoms with Gasteiger partial charge in [0, 0.05) is 5.92 Å². The van der Waals surface area contributed by atoms with Crippen LogP contribution < -0.4 is 0 Å². The van der Waals surface area contributed by atoms with Crippen LogP contribution in [0.1, 0.15) is 48.0 Å². The second-order valence-corrected chi connectivity index (χ2v) is 4.58. The molecule has 0 aromatic rings. The summed E-state index contributed by atoms with van der Waals surface area (Å²) in [5, 5.41) is 0. The van der Waals surface area contributed by atoms with Gasteiger partial charge < -0.3 is 4.74 Å². The van der Waals surface area contributed by atoms with E-state index >= 15 is 0 Å². The van der Waals surface area contributed by atoms with Gasteiger partial charge in [-0.05, 0) is 19.3 Å². The van der Waals surface area contributed by atoms with Gasteiger partial charge in [-0.15, -0.1) is 0 Å². The molecular weight excluding hydrogens is 176 g/mol. The van der Waals surface area contributed by atoms with E-state index in [-0.39, 0.29) is 29.8 Å². The second-order valence-electron chi connectivity index (χ2n) is 4.58. The molecule has 0 amide bonds. The molecule has 2 atom stereocenters. The van der Waals surface area contributed by atoms with Crippen molar-refractivity contribution in [3.8, 4) is 0 Å². The molecule has 1 unspecified atom stereocenters. The molecule has 0 saturated heterocycles. The van der Waals surface area contributed by atoms with Gasteiger partial charge in [-0.25, -0.2) is 0 Å². The van der Waals surface area contributed by atoms with Crippen LogP contribution in [0, 0.1) is 11.8 Å². The van der Waals surface area contributed by atoms with Crippen LogP contribution in [0.25, 0.3) is 0 Å². The van der Waals surface area contributed by atoms with Gasteiger partial charge in [0.1, 0.15) is 6.10 Å². The van der Waals surface area contributed by atoms with Gasteiger partial charge in [0.15, 0.2) is 5.78 Å². The molecule has 2 heteroatoms. The van der Waals surface area contributed by atoms with Crippen LogP contribution in [0.15, 0.2) is 0 Å². The Hall–Kier alpha value is -0.370. The molecule has 0 saturated carbocycles. The van der Waals surface area contributed by atoms with Crippen LogP contribution in [0.4, 0.5) is 0 Å². The van der Waals surface area contributed by atoms with Crippen molar-refractivity contribution < 1.29 is 9.53 Å². The number of hydrogen-bond acceptors (Lipinski definition) is 2. The van der Waals surface area contributed by atoms with Crippen LogP contribution in [-0.4, -0.2) is 18.0 Å². The van der Waals surface area contributed by atoms with E-state index in [0.29, 0.717) is 0 Å². The molecule has 0 rings (SSSR count). The summed E-state index contributed by atoms with van der Waals surface area (Å²) in [5.41, 5.74) is 0. The van der Waals surface area contributed by atoms with Gasteiger partial charge in [0.05, 0.1) is 6.10 Å². The maximum atomic E-state index is 11.8. The van der Waals surface area contributed by atoms with Gasteiger partial charge in [-0.2, -0.15) is 0 Å². The molecule has 0 spiro atoms. The fraction of sp³-hybridized carbons (Fsp3) is 0.917. The van der Waals surface area contributed by atoms with Gasteiger partial charge in [0.2, 0.25) is 0 Å². The Bertz CT molecular complexity index is 173. The summed E-state index contributed by atoms with van der Waals surface area (Å²) < 4.78 is 5.73. The quantitative estimate of drug-likeness (QED) is 0.658. The highest BCUT2D eigenvalue weighted by Crippen LogP contribution is 2.15. The molecule has 0 N–H and O–H groups in total. The molecule has 14 heavy (non-hydrogen) atoms. The standard InChI is InChI=1S/C12H24O2/c1-7-10(6)14-12(9(4)5)11(13)8(2)3/h8-10,12H,7H2,1-6H3/t10?,12-/m0/s1. The summed E-state index contributed by atoms with van der Waals surface area (Å²) in [6.07, 6.45) is 0.893. The van der Waals surface area contributed by atoms with Crippen LogP contribution in [0.3, 0.4) is 0 Å². The number of hydrogen-bond donors (Lipinski definition) is 0. The Morgan fingerprint density at radius 1 is 1.14 bits per heavy atom. The molecule has 0 radical (unpaired) electrons. The number of ketones is 1. The molecule has 0 aromatic heterocycles. The lowest BCUT2D eigenvalue weighted by Crippen LogP contribution is -2.35.